The van der Waals surface area contributed by atoms with Crippen molar-refractivity contribution in [2.75, 3.05) is 0 Å². The first-order valence-electron chi connectivity index (χ1n) is 10.4. The number of unbranched alkanes of at least 4 members (excludes halogenated alkanes) is 10. The first kappa shape index (κ1) is 24.2. The van der Waals surface area contributed by atoms with Crippen LogP contribution in [0.3, 0.4) is 0 Å². The highest BCUT2D eigenvalue weighted by Crippen LogP contribution is 2.38. The van der Waals surface area contributed by atoms with Gasteiger partial charge in [0, 0.05) is 0 Å². The molecular formula is C21H37O5P. The highest BCUT2D eigenvalue weighted by molar-refractivity contribution is 7.46. The summed E-state index contributed by atoms with van der Waals surface area (Å²) in [6.45, 7) is 3.74. The Labute approximate surface area is 164 Å². The smallest absolute Gasteiger partial charge is 0.464 e. The predicted molar refractivity (Wildman–Crippen MR) is 110 cm³/mol. The molecule has 0 aliphatic carbocycles. The molecule has 1 aromatic rings. The molecule has 27 heavy (non-hydrogen) atoms. The Bertz CT molecular complexity index is 543. The van der Waals surface area contributed by atoms with Crippen molar-refractivity contribution in [3.8, 4) is 5.75 Å². The van der Waals surface area contributed by atoms with Crippen LogP contribution >= 0.6 is 7.82 Å². The lowest BCUT2D eigenvalue weighted by Crippen LogP contribution is -2.15. The first-order chi connectivity index (χ1) is 12.9. The molecule has 5 nitrogen and oxygen atoms in total. The third-order valence-corrected chi connectivity index (χ3v) is 5.17. The topological polar surface area (TPSA) is 76.0 Å². The van der Waals surface area contributed by atoms with E-state index in [-0.39, 0.29) is 0 Å². The summed E-state index contributed by atoms with van der Waals surface area (Å²) in [5.74, 6) is 0.630. The zero-order valence-electron chi connectivity index (χ0n) is 16.9. The Morgan fingerprint density at radius 3 is 1.96 bits per heavy atom. The summed E-state index contributed by atoms with van der Waals surface area (Å²) >= 11 is 0. The minimum absolute atomic E-state index is 0.630. The van der Waals surface area contributed by atoms with Crippen molar-refractivity contribution in [3.63, 3.8) is 0 Å². The van der Waals surface area contributed by atoms with E-state index in [4.69, 9.17) is 14.5 Å². The summed E-state index contributed by atoms with van der Waals surface area (Å²) in [7, 11) is -4.55. The van der Waals surface area contributed by atoms with Gasteiger partial charge in [0.15, 0.2) is 0 Å². The van der Waals surface area contributed by atoms with E-state index in [9.17, 15) is 4.57 Å². The lowest BCUT2D eigenvalue weighted by atomic mass is 10.0. The van der Waals surface area contributed by atoms with Gasteiger partial charge in [-0.2, -0.15) is 0 Å². The van der Waals surface area contributed by atoms with E-state index in [0.29, 0.717) is 5.75 Å². The van der Waals surface area contributed by atoms with Gasteiger partial charge >= 0.3 is 7.82 Å². The number of phosphoric ester groups is 1. The molecule has 1 atom stereocenters. The minimum atomic E-state index is -4.55. The number of ether oxygens (including phenoxy) is 1. The van der Waals surface area contributed by atoms with E-state index in [0.717, 1.165) is 18.4 Å². The van der Waals surface area contributed by atoms with Gasteiger partial charge in [0.05, 0.1) is 0 Å². The van der Waals surface area contributed by atoms with E-state index in [1.54, 1.807) is 0 Å². The summed E-state index contributed by atoms with van der Waals surface area (Å²) < 4.78 is 21.0. The molecule has 0 saturated carbocycles. The molecule has 156 valence electrons. The number of rotatable bonds is 16. The second-order valence-corrected chi connectivity index (χ2v) is 8.37. The van der Waals surface area contributed by atoms with Crippen LogP contribution in [0.5, 0.6) is 5.75 Å². The molecule has 0 saturated heterocycles. The van der Waals surface area contributed by atoms with Crippen LogP contribution in [0.1, 0.15) is 90.0 Å². The van der Waals surface area contributed by atoms with Gasteiger partial charge in [0.1, 0.15) is 5.75 Å². The lowest BCUT2D eigenvalue weighted by Gasteiger charge is -2.18. The molecule has 1 unspecified atom stereocenters. The molecule has 1 aromatic carbocycles. The molecule has 0 fully saturated rings. The van der Waals surface area contributed by atoms with Crippen molar-refractivity contribution >= 4 is 7.82 Å². The maximum absolute atomic E-state index is 10.9. The van der Waals surface area contributed by atoms with Gasteiger partial charge in [-0.05, 0) is 31.4 Å². The first-order valence-corrected chi connectivity index (χ1v) is 11.9. The Morgan fingerprint density at radius 1 is 0.889 bits per heavy atom. The summed E-state index contributed by atoms with van der Waals surface area (Å²) in [5, 5.41) is 0. The van der Waals surface area contributed by atoms with Crippen LogP contribution in [-0.2, 0) is 15.5 Å². The SMILES string of the molecule is CCCCCCCCCCCCCc1ccccc1OC(C)OP(=O)(O)O. The highest BCUT2D eigenvalue weighted by Gasteiger charge is 2.20. The van der Waals surface area contributed by atoms with Crippen molar-refractivity contribution in [1.82, 2.24) is 0 Å². The maximum Gasteiger partial charge on any atom is 0.472 e. The van der Waals surface area contributed by atoms with E-state index < -0.39 is 14.1 Å². The minimum Gasteiger partial charge on any atom is -0.464 e. The monoisotopic (exact) mass is 400 g/mol. The largest absolute Gasteiger partial charge is 0.472 e. The normalized spacial score (nSPS) is 12.9. The third kappa shape index (κ3) is 13.0. The summed E-state index contributed by atoms with van der Waals surface area (Å²) in [4.78, 5) is 17.7. The fourth-order valence-electron chi connectivity index (χ4n) is 3.20. The molecule has 2 N–H and O–H groups in total. The van der Waals surface area contributed by atoms with Crippen LogP contribution in [0.4, 0.5) is 0 Å². The molecule has 0 radical (unpaired) electrons. The van der Waals surface area contributed by atoms with Crippen LogP contribution in [-0.4, -0.2) is 16.1 Å². The standard InChI is InChI=1S/C21H37O5P/c1-3-4-5-6-7-8-9-10-11-12-13-16-20-17-14-15-18-21(20)25-19(2)26-27(22,23)24/h14-15,17-19H,3-13,16H2,1-2H3,(H2,22,23,24). The molecule has 0 heterocycles. The van der Waals surface area contributed by atoms with Gasteiger partial charge in [-0.1, -0.05) is 89.3 Å². The van der Waals surface area contributed by atoms with Gasteiger partial charge in [0.25, 0.3) is 0 Å². The number of hydrogen-bond donors (Lipinski definition) is 2. The van der Waals surface area contributed by atoms with E-state index in [2.05, 4.69) is 11.4 Å². The summed E-state index contributed by atoms with van der Waals surface area (Å²) in [5.41, 5.74) is 1.05. The van der Waals surface area contributed by atoms with Crippen molar-refractivity contribution in [1.29, 1.82) is 0 Å². The molecule has 0 bridgehead atoms. The molecular weight excluding hydrogens is 363 g/mol. The van der Waals surface area contributed by atoms with Gasteiger partial charge in [-0.15, -0.1) is 0 Å². The van der Waals surface area contributed by atoms with Crippen LogP contribution in [0, 0.1) is 0 Å². The second-order valence-electron chi connectivity index (χ2n) is 7.17. The van der Waals surface area contributed by atoms with Crippen molar-refractivity contribution < 1.29 is 23.6 Å². The average Bonchev–Trinajstić information content (AvgIpc) is 2.59. The number of hydrogen-bond acceptors (Lipinski definition) is 3. The predicted octanol–water partition coefficient (Wildman–Crippen LogP) is 6.37. The molecule has 0 amide bonds. The Balaban J connectivity index is 2.19. The number of aryl methyl sites for hydroxylation is 1. The van der Waals surface area contributed by atoms with Gasteiger partial charge in [-0.25, -0.2) is 9.09 Å². The number of benzene rings is 1. The van der Waals surface area contributed by atoms with Crippen molar-refractivity contribution in [3.05, 3.63) is 29.8 Å². The summed E-state index contributed by atoms with van der Waals surface area (Å²) in [6.07, 6.45) is 14.3. The lowest BCUT2D eigenvalue weighted by molar-refractivity contribution is -0.00148. The molecule has 0 aromatic heterocycles. The average molecular weight is 400 g/mol. The van der Waals surface area contributed by atoms with Crippen molar-refractivity contribution in [2.45, 2.75) is 97.2 Å². The Morgan fingerprint density at radius 2 is 1.41 bits per heavy atom. The third-order valence-electron chi connectivity index (χ3n) is 4.60. The molecule has 6 heteroatoms. The van der Waals surface area contributed by atoms with Crippen LogP contribution in [0.25, 0.3) is 0 Å². The van der Waals surface area contributed by atoms with E-state index >= 15 is 0 Å². The second kappa shape index (κ2) is 14.2. The van der Waals surface area contributed by atoms with Crippen LogP contribution in [0.15, 0.2) is 24.3 Å². The van der Waals surface area contributed by atoms with Crippen molar-refractivity contribution in [2.24, 2.45) is 0 Å². The van der Waals surface area contributed by atoms with E-state index in [1.165, 1.54) is 71.1 Å². The zero-order valence-corrected chi connectivity index (χ0v) is 17.8. The molecule has 0 aliphatic rings. The maximum atomic E-state index is 10.9. The van der Waals surface area contributed by atoms with Gasteiger partial charge < -0.3 is 14.5 Å². The fourth-order valence-corrected chi connectivity index (χ4v) is 3.63. The molecule has 1 rings (SSSR count). The van der Waals surface area contributed by atoms with Crippen LogP contribution in [0.2, 0.25) is 0 Å². The van der Waals surface area contributed by atoms with Crippen LogP contribution < -0.4 is 4.74 Å². The molecule has 0 aliphatic heterocycles. The Hall–Kier alpha value is -0.870. The fraction of sp³-hybridized carbons (Fsp3) is 0.714. The Kier molecular flexibility index (Phi) is 12.7. The van der Waals surface area contributed by atoms with Gasteiger partial charge in [0.2, 0.25) is 6.29 Å². The zero-order chi connectivity index (χ0) is 20.0. The van der Waals surface area contributed by atoms with E-state index in [1.807, 2.05) is 24.3 Å². The number of para-hydroxylation sites is 1. The molecule has 0 spiro atoms. The number of phosphoric acid groups is 1. The highest BCUT2D eigenvalue weighted by atomic mass is 31.2. The summed E-state index contributed by atoms with van der Waals surface area (Å²) in [6, 6.07) is 7.61. The quantitative estimate of drug-likeness (QED) is 0.191. The van der Waals surface area contributed by atoms with Gasteiger partial charge in [-0.3, -0.25) is 0 Å².